The molecular formula is C27H32F3N9O2. The van der Waals surface area contributed by atoms with E-state index in [0.717, 1.165) is 50.3 Å². The number of benzene rings is 1. The molecule has 0 bridgehead atoms. The number of aliphatic hydroxyl groups excluding tert-OH is 1. The highest BCUT2D eigenvalue weighted by molar-refractivity contribution is 6.09. The van der Waals surface area contributed by atoms with Crippen LogP contribution < -0.4 is 15.5 Å². The fraction of sp³-hybridized carbons (Fsp3) is 0.407. The first-order valence-electron chi connectivity index (χ1n) is 12.9. The van der Waals surface area contributed by atoms with Crippen LogP contribution in [0.25, 0.3) is 11.0 Å². The Morgan fingerprint density at radius 2 is 1.85 bits per heavy atom. The molecule has 4 N–H and O–H groups in total. The number of rotatable bonds is 5. The molecule has 0 radical (unpaired) electrons. The van der Waals surface area contributed by atoms with Gasteiger partial charge < -0.3 is 25.5 Å². The van der Waals surface area contributed by atoms with Crippen LogP contribution in [0.1, 0.15) is 43.1 Å². The van der Waals surface area contributed by atoms with Crippen molar-refractivity contribution in [2.24, 2.45) is 5.41 Å². The molecule has 11 nitrogen and oxygen atoms in total. The predicted octanol–water partition coefficient (Wildman–Crippen LogP) is 4.52. The summed E-state index contributed by atoms with van der Waals surface area (Å²) >= 11 is 0. The molecule has 1 aromatic carbocycles. The molecule has 4 rings (SSSR count). The van der Waals surface area contributed by atoms with E-state index < -0.39 is 34.6 Å². The molecule has 0 unspecified atom stereocenters. The average Bonchev–Trinajstić information content (AvgIpc) is 3.11. The predicted molar refractivity (Wildman–Crippen MR) is 150 cm³/mol. The first-order chi connectivity index (χ1) is 19.2. The lowest BCUT2D eigenvalue weighted by molar-refractivity contribution is -0.136. The van der Waals surface area contributed by atoms with E-state index in [0.29, 0.717) is 18.0 Å². The van der Waals surface area contributed by atoms with E-state index in [1.807, 2.05) is 11.9 Å². The number of amidine groups is 1. The van der Waals surface area contributed by atoms with Crippen LogP contribution in [0.5, 0.6) is 0 Å². The van der Waals surface area contributed by atoms with Crippen LogP contribution in [0, 0.1) is 10.8 Å². The van der Waals surface area contributed by atoms with Crippen molar-refractivity contribution in [3.8, 4) is 0 Å². The van der Waals surface area contributed by atoms with Crippen molar-refractivity contribution < 1.29 is 23.1 Å². The molecule has 0 saturated carbocycles. The first kappa shape index (κ1) is 29.6. The van der Waals surface area contributed by atoms with E-state index in [1.54, 1.807) is 20.8 Å². The number of fused-ring (bicyclic) bond motifs is 1. The number of alkyl halides is 3. The number of nitrogens with zero attached hydrogens (tertiary/aromatic N) is 6. The van der Waals surface area contributed by atoms with Crippen molar-refractivity contribution >= 4 is 40.2 Å². The molecule has 1 amide bonds. The Hall–Kier alpha value is -4.33. The van der Waals surface area contributed by atoms with Crippen LogP contribution in [0.2, 0.25) is 0 Å². The lowest BCUT2D eigenvalue weighted by atomic mass is 9.93. The molecule has 218 valence electrons. The smallest absolute Gasteiger partial charge is 0.418 e. The van der Waals surface area contributed by atoms with Gasteiger partial charge in [-0.2, -0.15) is 13.2 Å². The second kappa shape index (κ2) is 11.6. The summed E-state index contributed by atoms with van der Waals surface area (Å²) in [6.07, 6.45) is -0.0745. The minimum atomic E-state index is -4.74. The largest absolute Gasteiger partial charge is 0.512 e. The van der Waals surface area contributed by atoms with Crippen molar-refractivity contribution in [2.75, 3.05) is 43.4 Å². The van der Waals surface area contributed by atoms with Gasteiger partial charge in [0.05, 0.1) is 17.4 Å². The highest BCUT2D eigenvalue weighted by atomic mass is 19.4. The van der Waals surface area contributed by atoms with Gasteiger partial charge in [0.2, 0.25) is 5.95 Å². The number of carbonyl (C=O) groups excluding carboxylic acids is 1. The monoisotopic (exact) mass is 571 g/mol. The maximum Gasteiger partial charge on any atom is 0.418 e. The Bertz CT molecular complexity index is 1490. The number of allylic oxidation sites excluding steroid dienone is 1. The van der Waals surface area contributed by atoms with Gasteiger partial charge in [0, 0.05) is 36.7 Å². The van der Waals surface area contributed by atoms with Crippen LogP contribution in [-0.4, -0.2) is 74.9 Å². The summed E-state index contributed by atoms with van der Waals surface area (Å²) < 4.78 is 41.9. The van der Waals surface area contributed by atoms with Crippen molar-refractivity contribution in [3.63, 3.8) is 0 Å². The summed E-state index contributed by atoms with van der Waals surface area (Å²) in [5.41, 5.74) is -1.69. The molecule has 0 atom stereocenters. The number of hydrogen-bond donors (Lipinski definition) is 4. The molecule has 0 aliphatic carbocycles. The summed E-state index contributed by atoms with van der Waals surface area (Å²) in [5.74, 6) is -0.948. The third-order valence-corrected chi connectivity index (χ3v) is 6.50. The minimum absolute atomic E-state index is 0.0134. The van der Waals surface area contributed by atoms with Gasteiger partial charge in [-0.25, -0.2) is 19.9 Å². The number of anilines is 3. The van der Waals surface area contributed by atoms with E-state index in [9.17, 15) is 23.1 Å². The molecule has 1 fully saturated rings. The third kappa shape index (κ3) is 7.25. The molecule has 2 aromatic heterocycles. The number of amides is 1. The number of hydrogen-bond acceptors (Lipinski definition) is 10. The second-order valence-corrected chi connectivity index (χ2v) is 10.8. The van der Waals surface area contributed by atoms with Gasteiger partial charge >= 0.3 is 6.18 Å². The Morgan fingerprint density at radius 1 is 1.10 bits per heavy atom. The normalized spacial score (nSPS) is 15.5. The first-order valence-corrected chi connectivity index (χ1v) is 12.9. The molecule has 0 spiro atoms. The van der Waals surface area contributed by atoms with Gasteiger partial charge in [0.25, 0.3) is 5.91 Å². The van der Waals surface area contributed by atoms with E-state index in [2.05, 4.69) is 35.5 Å². The van der Waals surface area contributed by atoms with Crippen molar-refractivity contribution in [1.29, 1.82) is 5.41 Å². The summed E-state index contributed by atoms with van der Waals surface area (Å²) in [5, 5.41) is 23.0. The number of likely N-dealkylation sites (N-methyl/N-ethyl adjacent to an activating group) is 1. The minimum Gasteiger partial charge on any atom is -0.512 e. The zero-order valence-corrected chi connectivity index (χ0v) is 23.2. The van der Waals surface area contributed by atoms with Gasteiger partial charge in [0.15, 0.2) is 5.82 Å². The quantitative estimate of drug-likeness (QED) is 0.197. The zero-order valence-electron chi connectivity index (χ0n) is 23.2. The number of nitrogens with one attached hydrogen (secondary N) is 3. The molecule has 3 aromatic rings. The van der Waals surface area contributed by atoms with Gasteiger partial charge in [-0.3, -0.25) is 10.2 Å². The van der Waals surface area contributed by atoms with E-state index in [1.165, 1.54) is 12.5 Å². The molecule has 3 heterocycles. The van der Waals surface area contributed by atoms with Gasteiger partial charge in [-0.1, -0.05) is 20.8 Å². The lowest BCUT2D eigenvalue weighted by Gasteiger charge is -2.21. The van der Waals surface area contributed by atoms with Crippen molar-refractivity contribution in [1.82, 2.24) is 30.2 Å². The summed E-state index contributed by atoms with van der Waals surface area (Å²) in [6, 6.07) is 2.82. The van der Waals surface area contributed by atoms with E-state index >= 15 is 0 Å². The zero-order chi connectivity index (χ0) is 29.9. The van der Waals surface area contributed by atoms with Crippen LogP contribution >= 0.6 is 0 Å². The molecule has 41 heavy (non-hydrogen) atoms. The Morgan fingerprint density at radius 3 is 2.56 bits per heavy atom. The molecule has 1 saturated heterocycles. The number of carbonyl (C=O) groups is 1. The SMILES string of the molecule is CN1CCCN(c2ncc3ncnc(Nc4cc(C(=O)NC(=N)/C=C(\O)C(C)(C)C)ccc4C(F)(F)F)c3n2)CC1. The molecule has 1 aliphatic heterocycles. The van der Waals surface area contributed by atoms with Crippen LogP contribution in [0.3, 0.4) is 0 Å². The maximum absolute atomic E-state index is 14.0. The third-order valence-electron chi connectivity index (χ3n) is 6.50. The summed E-state index contributed by atoms with van der Waals surface area (Å²) in [7, 11) is 2.03. The number of halogens is 3. The number of aromatic nitrogens is 4. The lowest BCUT2D eigenvalue weighted by Crippen LogP contribution is -2.30. The Kier molecular flexibility index (Phi) is 8.42. The molecular weight excluding hydrogens is 539 g/mol. The maximum atomic E-state index is 14.0. The van der Waals surface area contributed by atoms with E-state index in [4.69, 9.17) is 5.41 Å². The van der Waals surface area contributed by atoms with Gasteiger partial charge in [-0.05, 0) is 38.2 Å². The van der Waals surface area contributed by atoms with E-state index in [-0.39, 0.29) is 22.7 Å². The van der Waals surface area contributed by atoms with Crippen LogP contribution in [0.15, 0.2) is 42.6 Å². The second-order valence-electron chi connectivity index (χ2n) is 10.8. The topological polar surface area (TPSA) is 143 Å². The van der Waals surface area contributed by atoms with Gasteiger partial charge in [-0.15, -0.1) is 0 Å². The van der Waals surface area contributed by atoms with Crippen LogP contribution in [0.4, 0.5) is 30.6 Å². The average molecular weight is 572 g/mol. The fourth-order valence-electron chi connectivity index (χ4n) is 4.08. The van der Waals surface area contributed by atoms with Crippen LogP contribution in [-0.2, 0) is 6.18 Å². The van der Waals surface area contributed by atoms with Crippen molar-refractivity contribution in [2.45, 2.75) is 33.4 Å². The molecule has 1 aliphatic rings. The summed E-state index contributed by atoms with van der Waals surface area (Å²) in [6.45, 7) is 8.31. The highest BCUT2D eigenvalue weighted by Gasteiger charge is 2.34. The van der Waals surface area contributed by atoms with Crippen molar-refractivity contribution in [3.05, 3.63) is 53.7 Å². The number of aliphatic hydroxyl groups is 1. The standard InChI is InChI=1S/C27H32F3N9O2/c1-26(2,3)20(40)13-21(31)36-24(41)16-6-7-17(27(28,29)30)18(12-16)35-23-22-19(33-15-34-23)14-32-25(37-22)39-9-5-8-38(4)10-11-39/h6-7,12-15,40H,5,8-11H2,1-4H3,(H2,31,36,41)(H,33,34,35)/b20-13-. The van der Waals surface area contributed by atoms with Gasteiger partial charge in [0.1, 0.15) is 29.0 Å². The molecule has 14 heteroatoms. The highest BCUT2D eigenvalue weighted by Crippen LogP contribution is 2.37. The summed E-state index contributed by atoms with van der Waals surface area (Å²) in [4.78, 5) is 34.3. The Balaban J connectivity index is 1.67. The Labute approximate surface area is 235 Å². The fourth-order valence-corrected chi connectivity index (χ4v) is 4.08.